The SMILES string of the molecule is CCOC(=O)CC/C=C/c1ccccc1[C@@H](C)OCC1CO1. The third-order valence-corrected chi connectivity index (χ3v) is 3.49. The first-order valence-electron chi connectivity index (χ1n) is 7.85. The first-order chi connectivity index (χ1) is 10.7. The lowest BCUT2D eigenvalue weighted by atomic mass is 10.0. The molecule has 0 N–H and O–H groups in total. The molecule has 0 saturated carbocycles. The smallest absolute Gasteiger partial charge is 0.306 e. The number of epoxide rings is 1. The zero-order valence-electron chi connectivity index (χ0n) is 13.3. The molecule has 1 fully saturated rings. The van der Waals surface area contributed by atoms with Crippen molar-refractivity contribution in [2.24, 2.45) is 0 Å². The van der Waals surface area contributed by atoms with Crippen LogP contribution in [0.3, 0.4) is 0 Å². The van der Waals surface area contributed by atoms with Gasteiger partial charge in [0.25, 0.3) is 0 Å². The summed E-state index contributed by atoms with van der Waals surface area (Å²) in [7, 11) is 0. The van der Waals surface area contributed by atoms with Gasteiger partial charge in [-0.1, -0.05) is 36.4 Å². The van der Waals surface area contributed by atoms with Gasteiger partial charge >= 0.3 is 5.97 Å². The van der Waals surface area contributed by atoms with Crippen molar-refractivity contribution in [2.45, 2.75) is 38.9 Å². The van der Waals surface area contributed by atoms with Crippen molar-refractivity contribution >= 4 is 12.0 Å². The fourth-order valence-corrected chi connectivity index (χ4v) is 2.18. The predicted octanol–water partition coefficient (Wildman–Crippen LogP) is 3.52. The van der Waals surface area contributed by atoms with Crippen molar-refractivity contribution in [3.05, 3.63) is 41.5 Å². The third kappa shape index (κ3) is 5.62. The number of hydrogen-bond acceptors (Lipinski definition) is 4. The van der Waals surface area contributed by atoms with E-state index in [-0.39, 0.29) is 18.2 Å². The second-order valence-electron chi connectivity index (χ2n) is 5.31. The summed E-state index contributed by atoms with van der Waals surface area (Å²) in [4.78, 5) is 11.3. The van der Waals surface area contributed by atoms with Crippen molar-refractivity contribution in [3.8, 4) is 0 Å². The van der Waals surface area contributed by atoms with E-state index in [0.29, 0.717) is 26.1 Å². The van der Waals surface area contributed by atoms with Crippen molar-refractivity contribution in [1.82, 2.24) is 0 Å². The molecular formula is C18H24O4. The van der Waals surface area contributed by atoms with Crippen LogP contribution in [0.2, 0.25) is 0 Å². The van der Waals surface area contributed by atoms with Crippen molar-refractivity contribution in [1.29, 1.82) is 0 Å². The highest BCUT2D eigenvalue weighted by Crippen LogP contribution is 2.24. The molecule has 1 aromatic rings. The van der Waals surface area contributed by atoms with Crippen molar-refractivity contribution in [2.75, 3.05) is 19.8 Å². The van der Waals surface area contributed by atoms with E-state index in [4.69, 9.17) is 14.2 Å². The molecule has 0 radical (unpaired) electrons. The van der Waals surface area contributed by atoms with Crippen LogP contribution in [0.25, 0.3) is 6.08 Å². The fourth-order valence-electron chi connectivity index (χ4n) is 2.18. The van der Waals surface area contributed by atoms with Gasteiger partial charge in [0.05, 0.1) is 25.9 Å². The monoisotopic (exact) mass is 304 g/mol. The van der Waals surface area contributed by atoms with Gasteiger partial charge in [0, 0.05) is 6.42 Å². The number of carbonyl (C=O) groups excluding carboxylic acids is 1. The van der Waals surface area contributed by atoms with E-state index in [1.165, 1.54) is 0 Å². The molecule has 1 unspecified atom stereocenters. The summed E-state index contributed by atoms with van der Waals surface area (Å²) < 4.78 is 15.9. The van der Waals surface area contributed by atoms with Gasteiger partial charge in [-0.05, 0) is 31.4 Å². The molecule has 1 heterocycles. The Labute approximate surface area is 132 Å². The Morgan fingerprint density at radius 1 is 1.45 bits per heavy atom. The molecule has 0 aliphatic carbocycles. The van der Waals surface area contributed by atoms with Crippen LogP contribution in [-0.4, -0.2) is 31.9 Å². The van der Waals surface area contributed by atoms with Crippen molar-refractivity contribution < 1.29 is 19.0 Å². The van der Waals surface area contributed by atoms with Crippen molar-refractivity contribution in [3.63, 3.8) is 0 Å². The van der Waals surface area contributed by atoms with E-state index in [2.05, 4.69) is 12.1 Å². The number of carbonyl (C=O) groups is 1. The quantitative estimate of drug-likeness (QED) is 0.517. The normalized spacial score (nSPS) is 18.4. The van der Waals surface area contributed by atoms with Gasteiger partial charge in [-0.3, -0.25) is 4.79 Å². The summed E-state index contributed by atoms with van der Waals surface area (Å²) in [5.41, 5.74) is 2.27. The van der Waals surface area contributed by atoms with Gasteiger partial charge in [-0.2, -0.15) is 0 Å². The van der Waals surface area contributed by atoms with Crippen LogP contribution in [0.5, 0.6) is 0 Å². The molecule has 2 atom stereocenters. The lowest BCUT2D eigenvalue weighted by Gasteiger charge is -2.15. The minimum Gasteiger partial charge on any atom is -0.466 e. The summed E-state index contributed by atoms with van der Waals surface area (Å²) in [6.07, 6.45) is 5.44. The highest BCUT2D eigenvalue weighted by Gasteiger charge is 2.23. The lowest BCUT2D eigenvalue weighted by molar-refractivity contribution is -0.142. The van der Waals surface area contributed by atoms with Crippen LogP contribution < -0.4 is 0 Å². The fraction of sp³-hybridized carbons (Fsp3) is 0.500. The third-order valence-electron chi connectivity index (χ3n) is 3.49. The molecule has 2 rings (SSSR count). The Balaban J connectivity index is 1.87. The van der Waals surface area contributed by atoms with Crippen LogP contribution in [0, 0.1) is 0 Å². The molecule has 1 aliphatic heterocycles. The van der Waals surface area contributed by atoms with Gasteiger partial charge in [0.15, 0.2) is 0 Å². The maximum atomic E-state index is 11.3. The zero-order chi connectivity index (χ0) is 15.8. The van der Waals surface area contributed by atoms with Gasteiger partial charge in [0.1, 0.15) is 6.10 Å². The average molecular weight is 304 g/mol. The van der Waals surface area contributed by atoms with E-state index in [9.17, 15) is 4.79 Å². The molecule has 22 heavy (non-hydrogen) atoms. The summed E-state index contributed by atoms with van der Waals surface area (Å²) >= 11 is 0. The molecule has 1 aliphatic rings. The maximum absolute atomic E-state index is 11.3. The Bertz CT molecular complexity index is 506. The van der Waals surface area contributed by atoms with Gasteiger partial charge in [-0.15, -0.1) is 0 Å². The summed E-state index contributed by atoms with van der Waals surface area (Å²) in [6, 6.07) is 8.15. The van der Waals surface area contributed by atoms with Gasteiger partial charge < -0.3 is 14.2 Å². The molecule has 0 spiro atoms. The van der Waals surface area contributed by atoms with Crippen LogP contribution in [-0.2, 0) is 19.0 Å². The lowest BCUT2D eigenvalue weighted by Crippen LogP contribution is -2.07. The van der Waals surface area contributed by atoms with E-state index in [0.717, 1.165) is 17.7 Å². The van der Waals surface area contributed by atoms with Crippen LogP contribution in [0.4, 0.5) is 0 Å². The number of benzene rings is 1. The first kappa shape index (κ1) is 16.7. The topological polar surface area (TPSA) is 48.1 Å². The number of hydrogen-bond donors (Lipinski definition) is 0. The highest BCUT2D eigenvalue weighted by molar-refractivity contribution is 5.69. The summed E-state index contributed by atoms with van der Waals surface area (Å²) in [5, 5.41) is 0. The second kappa shape index (κ2) is 8.71. The predicted molar refractivity (Wildman–Crippen MR) is 85.5 cm³/mol. The minimum absolute atomic E-state index is 0.0232. The molecule has 1 saturated heterocycles. The molecule has 0 amide bonds. The number of ether oxygens (including phenoxy) is 3. The number of rotatable bonds is 9. The van der Waals surface area contributed by atoms with Crippen LogP contribution >= 0.6 is 0 Å². The molecule has 1 aromatic carbocycles. The zero-order valence-corrected chi connectivity index (χ0v) is 13.3. The molecule has 0 bridgehead atoms. The molecular weight excluding hydrogens is 280 g/mol. The van der Waals surface area contributed by atoms with E-state index < -0.39 is 0 Å². The Hall–Kier alpha value is -1.65. The van der Waals surface area contributed by atoms with E-state index in [1.807, 2.05) is 38.1 Å². The Kier molecular flexibility index (Phi) is 6.62. The standard InChI is InChI=1S/C18H24O4/c1-3-20-18(19)11-7-5-9-15-8-4-6-10-17(15)14(2)21-12-16-13-22-16/h4-6,8-10,14,16H,3,7,11-13H2,1-2H3/b9-5+/t14-,16?/m1/s1. The van der Waals surface area contributed by atoms with Gasteiger partial charge in [0.2, 0.25) is 0 Å². The molecule has 4 heteroatoms. The molecule has 120 valence electrons. The maximum Gasteiger partial charge on any atom is 0.306 e. The number of esters is 1. The van der Waals surface area contributed by atoms with Crippen LogP contribution in [0.15, 0.2) is 30.3 Å². The Morgan fingerprint density at radius 2 is 2.23 bits per heavy atom. The van der Waals surface area contributed by atoms with Gasteiger partial charge in [-0.25, -0.2) is 0 Å². The summed E-state index contributed by atoms with van der Waals surface area (Å²) in [6.45, 7) is 5.75. The largest absolute Gasteiger partial charge is 0.466 e. The number of allylic oxidation sites excluding steroid dienone is 1. The minimum atomic E-state index is -0.151. The molecule has 0 aromatic heterocycles. The highest BCUT2D eigenvalue weighted by atomic mass is 16.6. The molecule has 4 nitrogen and oxygen atoms in total. The van der Waals surface area contributed by atoms with Crippen LogP contribution in [0.1, 0.15) is 43.9 Å². The average Bonchev–Trinajstić information content (AvgIpc) is 3.34. The van der Waals surface area contributed by atoms with E-state index >= 15 is 0 Å². The second-order valence-corrected chi connectivity index (χ2v) is 5.31. The summed E-state index contributed by atoms with van der Waals surface area (Å²) in [5.74, 6) is -0.151. The van der Waals surface area contributed by atoms with E-state index in [1.54, 1.807) is 0 Å². The first-order valence-corrected chi connectivity index (χ1v) is 7.85. The Morgan fingerprint density at radius 3 is 2.95 bits per heavy atom.